The minimum absolute atomic E-state index is 0.147. The highest BCUT2D eigenvalue weighted by Gasteiger charge is 2.16. The Kier molecular flexibility index (Phi) is 5.49. The Bertz CT molecular complexity index is 908. The summed E-state index contributed by atoms with van der Waals surface area (Å²) in [4.78, 5) is 24.7. The Morgan fingerprint density at radius 2 is 1.88 bits per heavy atom. The number of likely N-dealkylation sites (N-methyl/N-ethyl adjacent to an activating group) is 1. The van der Waals surface area contributed by atoms with Crippen molar-refractivity contribution in [3.05, 3.63) is 52.0 Å². The van der Waals surface area contributed by atoms with Crippen molar-refractivity contribution >= 4 is 34.1 Å². The van der Waals surface area contributed by atoms with Crippen molar-refractivity contribution in [2.45, 2.75) is 19.9 Å². The summed E-state index contributed by atoms with van der Waals surface area (Å²) in [5.41, 5.74) is 4.10. The molecule has 6 nitrogen and oxygen atoms in total. The zero-order valence-corrected chi connectivity index (χ0v) is 16.2. The van der Waals surface area contributed by atoms with Crippen molar-refractivity contribution in [1.82, 2.24) is 20.2 Å². The third kappa shape index (κ3) is 4.17. The molecule has 0 saturated carbocycles. The van der Waals surface area contributed by atoms with Gasteiger partial charge in [-0.3, -0.25) is 0 Å². The summed E-state index contributed by atoms with van der Waals surface area (Å²) < 4.78 is 0. The van der Waals surface area contributed by atoms with E-state index in [0.717, 1.165) is 22.4 Å². The number of hydrogen-bond acceptors (Lipinski definition) is 5. The maximum absolute atomic E-state index is 12.3. The number of aryl methyl sites for hydroxylation is 2. The molecule has 0 spiro atoms. The average molecular weight is 369 g/mol. The van der Waals surface area contributed by atoms with Gasteiger partial charge in [-0.25, -0.2) is 14.8 Å². The van der Waals surface area contributed by atoms with Gasteiger partial charge in [0.2, 0.25) is 0 Å². The number of hydrogen-bond donors (Lipinski definition) is 2. The zero-order chi connectivity index (χ0) is 18.7. The van der Waals surface area contributed by atoms with Crippen LogP contribution in [0.5, 0.6) is 0 Å². The molecule has 0 bridgehead atoms. The molecule has 2 N–H and O–H groups in total. The van der Waals surface area contributed by atoms with Crippen LogP contribution in [-0.4, -0.2) is 41.5 Å². The van der Waals surface area contributed by atoms with E-state index in [4.69, 9.17) is 0 Å². The average Bonchev–Trinajstić information content (AvgIpc) is 3.10. The molecular formula is C19H23N5OS. The Labute approximate surface area is 157 Å². The van der Waals surface area contributed by atoms with Crippen LogP contribution in [0, 0.1) is 13.8 Å². The highest BCUT2D eigenvalue weighted by atomic mass is 32.1. The lowest BCUT2D eigenvalue weighted by atomic mass is 10.2. The standard InChI is InChI=1S/C19H23N5OS/c1-12-13(2)22-16-10-14(7-8-15(16)21-12)23-19(25)20-11-17(24(3)4)18-6-5-9-26-18/h5-10,17H,11H2,1-4H3,(H2,20,23,25). The molecule has 1 unspecified atom stereocenters. The fourth-order valence-electron chi connectivity index (χ4n) is 2.69. The smallest absolute Gasteiger partial charge is 0.319 e. The maximum atomic E-state index is 12.3. The van der Waals surface area contributed by atoms with E-state index in [1.165, 1.54) is 4.88 Å². The number of urea groups is 1. The number of amides is 2. The Balaban J connectivity index is 1.66. The summed E-state index contributed by atoms with van der Waals surface area (Å²) >= 11 is 1.69. The summed E-state index contributed by atoms with van der Waals surface area (Å²) in [6.07, 6.45) is 0. The Morgan fingerprint density at radius 1 is 1.15 bits per heavy atom. The van der Waals surface area contributed by atoms with Gasteiger partial charge in [0.1, 0.15) is 0 Å². The van der Waals surface area contributed by atoms with Gasteiger partial charge < -0.3 is 15.5 Å². The van der Waals surface area contributed by atoms with E-state index in [-0.39, 0.29) is 12.1 Å². The van der Waals surface area contributed by atoms with Gasteiger partial charge in [0.15, 0.2) is 0 Å². The molecule has 26 heavy (non-hydrogen) atoms. The van der Waals surface area contributed by atoms with Gasteiger partial charge in [-0.2, -0.15) is 0 Å². The first-order valence-corrected chi connectivity index (χ1v) is 9.31. The number of carbonyl (C=O) groups is 1. The van der Waals surface area contributed by atoms with Crippen LogP contribution in [0.1, 0.15) is 22.3 Å². The highest BCUT2D eigenvalue weighted by molar-refractivity contribution is 7.10. The number of thiophene rings is 1. The summed E-state index contributed by atoms with van der Waals surface area (Å²) in [6, 6.07) is 9.58. The van der Waals surface area contributed by atoms with Crippen molar-refractivity contribution in [2.24, 2.45) is 0 Å². The van der Waals surface area contributed by atoms with Crippen LogP contribution in [0.3, 0.4) is 0 Å². The minimum atomic E-state index is -0.232. The van der Waals surface area contributed by atoms with Crippen molar-refractivity contribution in [3.8, 4) is 0 Å². The number of fused-ring (bicyclic) bond motifs is 1. The molecule has 136 valence electrons. The van der Waals surface area contributed by atoms with E-state index in [2.05, 4.69) is 31.6 Å². The second-order valence-corrected chi connectivity index (χ2v) is 7.41. The number of carbonyl (C=O) groups excluding carboxylic acids is 1. The molecule has 1 aromatic carbocycles. The SMILES string of the molecule is Cc1nc2ccc(NC(=O)NCC(c3cccs3)N(C)C)cc2nc1C. The first kappa shape index (κ1) is 18.3. The lowest BCUT2D eigenvalue weighted by molar-refractivity contribution is 0.244. The molecule has 2 aromatic heterocycles. The van der Waals surface area contributed by atoms with E-state index >= 15 is 0 Å². The number of benzene rings is 1. The summed E-state index contributed by atoms with van der Waals surface area (Å²) in [5.74, 6) is 0. The molecule has 0 radical (unpaired) electrons. The van der Waals surface area contributed by atoms with Crippen LogP contribution in [0.2, 0.25) is 0 Å². The number of anilines is 1. The van der Waals surface area contributed by atoms with Gasteiger partial charge in [-0.05, 0) is 57.6 Å². The van der Waals surface area contributed by atoms with Crippen molar-refractivity contribution in [3.63, 3.8) is 0 Å². The summed E-state index contributed by atoms with van der Waals surface area (Å²) in [6.45, 7) is 4.40. The van der Waals surface area contributed by atoms with Gasteiger partial charge in [0.05, 0.1) is 28.5 Å². The van der Waals surface area contributed by atoms with E-state index in [9.17, 15) is 4.79 Å². The Hall–Kier alpha value is -2.51. The molecule has 0 aliphatic heterocycles. The van der Waals surface area contributed by atoms with Crippen LogP contribution in [0.4, 0.5) is 10.5 Å². The second kappa shape index (κ2) is 7.80. The largest absolute Gasteiger partial charge is 0.336 e. The fraction of sp³-hybridized carbons (Fsp3) is 0.316. The molecule has 0 fully saturated rings. The molecular weight excluding hydrogens is 346 g/mol. The second-order valence-electron chi connectivity index (χ2n) is 6.43. The molecule has 0 saturated heterocycles. The van der Waals surface area contributed by atoms with Crippen LogP contribution >= 0.6 is 11.3 Å². The van der Waals surface area contributed by atoms with Crippen LogP contribution in [0.15, 0.2) is 35.7 Å². The molecule has 0 aliphatic rings. The Morgan fingerprint density at radius 3 is 2.54 bits per heavy atom. The summed E-state index contributed by atoms with van der Waals surface area (Å²) in [7, 11) is 4.02. The van der Waals surface area contributed by atoms with E-state index < -0.39 is 0 Å². The molecule has 3 rings (SSSR count). The third-order valence-electron chi connectivity index (χ3n) is 4.28. The number of nitrogens with zero attached hydrogens (tertiary/aromatic N) is 3. The highest BCUT2D eigenvalue weighted by Crippen LogP contribution is 2.22. The van der Waals surface area contributed by atoms with Gasteiger partial charge in [-0.1, -0.05) is 6.07 Å². The molecule has 2 heterocycles. The zero-order valence-electron chi connectivity index (χ0n) is 15.4. The fourth-order valence-corrected chi connectivity index (χ4v) is 3.61. The molecule has 1 atom stereocenters. The quantitative estimate of drug-likeness (QED) is 0.719. The third-order valence-corrected chi connectivity index (χ3v) is 5.26. The van der Waals surface area contributed by atoms with E-state index in [0.29, 0.717) is 12.2 Å². The van der Waals surface area contributed by atoms with Crippen LogP contribution < -0.4 is 10.6 Å². The topological polar surface area (TPSA) is 70.2 Å². The van der Waals surface area contributed by atoms with E-state index in [1.54, 1.807) is 11.3 Å². The summed E-state index contributed by atoms with van der Waals surface area (Å²) in [5, 5.41) is 7.87. The monoisotopic (exact) mass is 369 g/mol. The maximum Gasteiger partial charge on any atom is 0.319 e. The van der Waals surface area contributed by atoms with E-state index in [1.807, 2.05) is 57.6 Å². The number of rotatable bonds is 5. The predicted octanol–water partition coefficient (Wildman–Crippen LogP) is 3.73. The van der Waals surface area contributed by atoms with Crippen molar-refractivity contribution < 1.29 is 4.79 Å². The van der Waals surface area contributed by atoms with Gasteiger partial charge in [0.25, 0.3) is 0 Å². The first-order valence-electron chi connectivity index (χ1n) is 8.43. The van der Waals surface area contributed by atoms with Crippen molar-refractivity contribution in [2.75, 3.05) is 26.0 Å². The number of nitrogens with one attached hydrogen (secondary N) is 2. The lowest BCUT2D eigenvalue weighted by Crippen LogP contribution is -2.36. The molecule has 2 amide bonds. The molecule has 7 heteroatoms. The van der Waals surface area contributed by atoms with Crippen LogP contribution in [0.25, 0.3) is 11.0 Å². The molecule has 3 aromatic rings. The number of aromatic nitrogens is 2. The lowest BCUT2D eigenvalue weighted by Gasteiger charge is -2.23. The molecule has 0 aliphatic carbocycles. The van der Waals surface area contributed by atoms with Crippen molar-refractivity contribution in [1.29, 1.82) is 0 Å². The predicted molar refractivity (Wildman–Crippen MR) is 107 cm³/mol. The first-order chi connectivity index (χ1) is 12.4. The van der Waals surface area contributed by atoms with Crippen LogP contribution in [-0.2, 0) is 0 Å². The minimum Gasteiger partial charge on any atom is -0.336 e. The van der Waals surface area contributed by atoms with Gasteiger partial charge in [0, 0.05) is 17.1 Å². The van der Waals surface area contributed by atoms with Gasteiger partial charge >= 0.3 is 6.03 Å². The normalized spacial score (nSPS) is 12.3. The van der Waals surface area contributed by atoms with Gasteiger partial charge in [-0.15, -0.1) is 11.3 Å².